The van der Waals surface area contributed by atoms with Crippen molar-refractivity contribution in [1.29, 1.82) is 0 Å². The molecule has 0 unspecified atom stereocenters. The number of carbonyl (C=O) groups is 1. The van der Waals surface area contributed by atoms with E-state index in [0.29, 0.717) is 23.8 Å². The van der Waals surface area contributed by atoms with Crippen molar-refractivity contribution in [2.45, 2.75) is 25.3 Å². The zero-order chi connectivity index (χ0) is 25.2. The molecule has 1 N–H and O–H groups in total. The maximum absolute atomic E-state index is 13.2. The van der Waals surface area contributed by atoms with Gasteiger partial charge in [-0.1, -0.05) is 36.4 Å². The second-order valence-corrected chi connectivity index (χ2v) is 10.0. The van der Waals surface area contributed by atoms with Gasteiger partial charge in [-0.3, -0.25) is 9.48 Å². The SMILES string of the molecule is Cc1cccc(C)c1Cn1nc(-c2cnc(N(C)C)nc2)cc1C(=O)NS(=O)(=O)c1ccccc1. The quantitative estimate of drug-likeness (QED) is 0.424. The summed E-state index contributed by atoms with van der Waals surface area (Å²) in [7, 11) is -0.381. The molecule has 0 atom stereocenters. The molecule has 0 aliphatic carbocycles. The smallest absolute Gasteiger partial charge is 0.283 e. The number of nitrogens with zero attached hydrogens (tertiary/aromatic N) is 5. The Morgan fingerprint density at radius 3 is 2.20 bits per heavy atom. The van der Waals surface area contributed by atoms with Crippen LogP contribution >= 0.6 is 0 Å². The van der Waals surface area contributed by atoms with E-state index >= 15 is 0 Å². The molecule has 180 valence electrons. The lowest BCUT2D eigenvalue weighted by Gasteiger charge is -2.13. The molecule has 2 aromatic carbocycles. The normalized spacial score (nSPS) is 11.3. The second kappa shape index (κ2) is 9.67. The summed E-state index contributed by atoms with van der Waals surface area (Å²) in [6.07, 6.45) is 3.24. The molecule has 9 nitrogen and oxygen atoms in total. The monoisotopic (exact) mass is 490 g/mol. The maximum atomic E-state index is 13.2. The molecule has 0 aliphatic rings. The number of nitrogens with one attached hydrogen (secondary N) is 1. The van der Waals surface area contributed by atoms with E-state index in [4.69, 9.17) is 0 Å². The van der Waals surface area contributed by atoms with E-state index < -0.39 is 15.9 Å². The standard InChI is InChI=1S/C25H26N6O3S/c1-17-9-8-10-18(2)21(17)16-31-23(24(32)29-35(33,34)20-11-6-5-7-12-20)13-22(28-31)19-14-26-25(27-15-19)30(3)4/h5-15H,16H2,1-4H3,(H,29,32). The summed E-state index contributed by atoms with van der Waals surface area (Å²) < 4.78 is 29.3. The fraction of sp³-hybridized carbons (Fsp3) is 0.200. The van der Waals surface area contributed by atoms with Gasteiger partial charge in [-0.2, -0.15) is 5.10 Å². The van der Waals surface area contributed by atoms with Gasteiger partial charge in [0.05, 0.1) is 17.1 Å². The van der Waals surface area contributed by atoms with Crippen LogP contribution in [0.2, 0.25) is 0 Å². The third kappa shape index (κ3) is 5.22. The highest BCUT2D eigenvalue weighted by Crippen LogP contribution is 2.22. The summed E-state index contributed by atoms with van der Waals surface area (Å²) >= 11 is 0. The maximum Gasteiger partial charge on any atom is 0.283 e. The number of carbonyl (C=O) groups excluding carboxylic acids is 1. The van der Waals surface area contributed by atoms with Crippen LogP contribution in [0.5, 0.6) is 0 Å². The summed E-state index contributed by atoms with van der Waals surface area (Å²) in [5, 5.41) is 4.62. The van der Waals surface area contributed by atoms with Gasteiger partial charge in [0.2, 0.25) is 5.95 Å². The van der Waals surface area contributed by atoms with Gasteiger partial charge in [-0.05, 0) is 48.7 Å². The molecular weight excluding hydrogens is 464 g/mol. The molecule has 35 heavy (non-hydrogen) atoms. The highest BCUT2D eigenvalue weighted by Gasteiger charge is 2.23. The molecule has 2 heterocycles. The average molecular weight is 491 g/mol. The lowest BCUT2D eigenvalue weighted by Crippen LogP contribution is -2.32. The Bertz CT molecular complexity index is 1440. The molecule has 4 aromatic rings. The van der Waals surface area contributed by atoms with E-state index in [9.17, 15) is 13.2 Å². The average Bonchev–Trinajstić information content (AvgIpc) is 3.26. The van der Waals surface area contributed by atoms with Crippen LogP contribution in [0.25, 0.3) is 11.3 Å². The Hall–Kier alpha value is -4.05. The summed E-state index contributed by atoms with van der Waals surface area (Å²) in [4.78, 5) is 23.6. The highest BCUT2D eigenvalue weighted by molar-refractivity contribution is 7.90. The molecule has 0 saturated heterocycles. The first-order chi connectivity index (χ1) is 16.7. The van der Waals surface area contributed by atoms with Crippen molar-refractivity contribution in [2.24, 2.45) is 0 Å². The number of sulfonamides is 1. The number of anilines is 1. The molecule has 0 fully saturated rings. The Kier molecular flexibility index (Phi) is 6.65. The summed E-state index contributed by atoms with van der Waals surface area (Å²) in [5.41, 5.74) is 4.27. The Morgan fingerprint density at radius 2 is 1.60 bits per heavy atom. The molecule has 0 radical (unpaired) electrons. The Labute approximate surface area is 204 Å². The van der Waals surface area contributed by atoms with Crippen molar-refractivity contribution in [1.82, 2.24) is 24.5 Å². The minimum Gasteiger partial charge on any atom is -0.347 e. The van der Waals surface area contributed by atoms with Gasteiger partial charge >= 0.3 is 0 Å². The highest BCUT2D eigenvalue weighted by atomic mass is 32.2. The number of benzene rings is 2. The first-order valence-electron chi connectivity index (χ1n) is 10.9. The first-order valence-corrected chi connectivity index (χ1v) is 12.4. The Balaban J connectivity index is 1.74. The number of aryl methyl sites for hydroxylation is 2. The van der Waals surface area contributed by atoms with Crippen molar-refractivity contribution in [2.75, 3.05) is 19.0 Å². The number of aromatic nitrogens is 4. The van der Waals surface area contributed by atoms with Crippen molar-refractivity contribution in [3.05, 3.63) is 89.4 Å². The van der Waals surface area contributed by atoms with Gasteiger partial charge in [-0.25, -0.2) is 23.1 Å². The molecule has 0 bridgehead atoms. The van der Waals surface area contributed by atoms with Gasteiger partial charge in [0.25, 0.3) is 15.9 Å². The van der Waals surface area contributed by atoms with Crippen LogP contribution in [0, 0.1) is 13.8 Å². The van der Waals surface area contributed by atoms with E-state index in [2.05, 4.69) is 19.8 Å². The van der Waals surface area contributed by atoms with Crippen LogP contribution in [0.1, 0.15) is 27.2 Å². The third-order valence-electron chi connectivity index (χ3n) is 5.58. The van der Waals surface area contributed by atoms with Gasteiger partial charge < -0.3 is 4.90 Å². The van der Waals surface area contributed by atoms with Gasteiger partial charge in [-0.15, -0.1) is 0 Å². The van der Waals surface area contributed by atoms with Crippen LogP contribution in [0.4, 0.5) is 5.95 Å². The molecule has 4 rings (SSSR count). The van der Waals surface area contributed by atoms with E-state index in [1.54, 1.807) is 41.6 Å². The second-order valence-electron chi connectivity index (χ2n) is 8.36. The summed E-state index contributed by atoms with van der Waals surface area (Å²) in [5.74, 6) is -0.236. The molecule has 0 aliphatic heterocycles. The first kappa shape index (κ1) is 24.1. The van der Waals surface area contributed by atoms with Crippen LogP contribution in [-0.4, -0.2) is 48.2 Å². The zero-order valence-electron chi connectivity index (χ0n) is 19.9. The van der Waals surface area contributed by atoms with Crippen molar-refractivity contribution in [3.63, 3.8) is 0 Å². The molecule has 0 spiro atoms. The number of amides is 1. The minimum atomic E-state index is -4.05. The van der Waals surface area contributed by atoms with Crippen LogP contribution in [0.15, 0.2) is 71.9 Å². The van der Waals surface area contributed by atoms with E-state index in [1.165, 1.54) is 16.8 Å². The van der Waals surface area contributed by atoms with E-state index in [-0.39, 0.29) is 10.6 Å². The van der Waals surface area contributed by atoms with Crippen molar-refractivity contribution in [3.8, 4) is 11.3 Å². The van der Waals surface area contributed by atoms with Crippen LogP contribution in [-0.2, 0) is 16.6 Å². The molecule has 0 saturated carbocycles. The lowest BCUT2D eigenvalue weighted by molar-refractivity contribution is 0.0971. The van der Waals surface area contributed by atoms with Crippen molar-refractivity contribution >= 4 is 21.9 Å². The van der Waals surface area contributed by atoms with Crippen molar-refractivity contribution < 1.29 is 13.2 Å². The minimum absolute atomic E-state index is 0.00191. The van der Waals surface area contributed by atoms with Gasteiger partial charge in [0, 0.05) is 32.1 Å². The number of rotatable bonds is 7. The fourth-order valence-electron chi connectivity index (χ4n) is 3.63. The largest absolute Gasteiger partial charge is 0.347 e. The van der Waals surface area contributed by atoms with Gasteiger partial charge in [0.15, 0.2) is 0 Å². The number of hydrogen-bond acceptors (Lipinski definition) is 7. The zero-order valence-corrected chi connectivity index (χ0v) is 20.7. The molecular formula is C25H26N6O3S. The molecule has 2 aromatic heterocycles. The number of hydrogen-bond donors (Lipinski definition) is 1. The van der Waals surface area contributed by atoms with Crippen LogP contribution in [0.3, 0.4) is 0 Å². The van der Waals surface area contributed by atoms with Gasteiger partial charge in [0.1, 0.15) is 5.69 Å². The summed E-state index contributed by atoms with van der Waals surface area (Å²) in [6.45, 7) is 4.27. The van der Waals surface area contributed by atoms with E-state index in [0.717, 1.165) is 16.7 Å². The van der Waals surface area contributed by atoms with E-state index in [1.807, 2.05) is 46.1 Å². The Morgan fingerprint density at radius 1 is 0.971 bits per heavy atom. The third-order valence-corrected chi connectivity index (χ3v) is 6.93. The predicted octanol–water partition coefficient (Wildman–Crippen LogP) is 3.19. The summed E-state index contributed by atoms with van der Waals surface area (Å²) in [6, 6.07) is 15.2. The predicted molar refractivity (Wildman–Crippen MR) is 134 cm³/mol. The lowest BCUT2D eigenvalue weighted by atomic mass is 10.0. The fourth-order valence-corrected chi connectivity index (χ4v) is 4.61. The molecule has 1 amide bonds. The topological polar surface area (TPSA) is 110 Å². The molecule has 10 heteroatoms. The van der Waals surface area contributed by atoms with Crippen LogP contribution < -0.4 is 9.62 Å².